The van der Waals surface area contributed by atoms with E-state index in [0.29, 0.717) is 11.1 Å². The van der Waals surface area contributed by atoms with Gasteiger partial charge in [-0.3, -0.25) is 0 Å². The quantitative estimate of drug-likeness (QED) is 0.893. The van der Waals surface area contributed by atoms with Crippen molar-refractivity contribution in [1.29, 1.82) is 0 Å². The Labute approximate surface area is 129 Å². The van der Waals surface area contributed by atoms with Gasteiger partial charge in [-0.2, -0.15) is 0 Å². The maximum atomic E-state index is 6.25. The van der Waals surface area contributed by atoms with E-state index in [2.05, 4.69) is 24.5 Å². The van der Waals surface area contributed by atoms with Gasteiger partial charge in [0.1, 0.15) is 5.76 Å². The van der Waals surface area contributed by atoms with E-state index in [1.807, 2.05) is 12.1 Å². The zero-order chi connectivity index (χ0) is 14.1. The SMILES string of the molecule is CNC(c1cc2cccc(Cl)c2o1)C1C2C3CCC(C3)C21. The molecular weight excluding hydrogens is 282 g/mol. The number of nitrogens with one attached hydrogen (secondary N) is 1. The van der Waals surface area contributed by atoms with E-state index in [4.69, 9.17) is 16.0 Å². The molecule has 0 aliphatic heterocycles. The van der Waals surface area contributed by atoms with E-state index >= 15 is 0 Å². The molecule has 1 N–H and O–H groups in total. The third-order valence-electron chi connectivity index (χ3n) is 6.31. The number of para-hydroxylation sites is 1. The zero-order valence-corrected chi connectivity index (χ0v) is 12.9. The molecule has 0 spiro atoms. The summed E-state index contributed by atoms with van der Waals surface area (Å²) in [5.74, 6) is 5.73. The van der Waals surface area contributed by atoms with Crippen molar-refractivity contribution in [3.8, 4) is 0 Å². The predicted molar refractivity (Wildman–Crippen MR) is 84.3 cm³/mol. The number of furan rings is 1. The smallest absolute Gasteiger partial charge is 0.152 e. The third-order valence-corrected chi connectivity index (χ3v) is 6.61. The predicted octanol–water partition coefficient (Wildman–Crippen LogP) is 4.64. The average Bonchev–Trinajstić information content (AvgIpc) is 2.86. The molecule has 2 nitrogen and oxygen atoms in total. The molecule has 3 aliphatic rings. The molecule has 5 rings (SSSR count). The largest absolute Gasteiger partial charge is 0.458 e. The van der Waals surface area contributed by atoms with Crippen LogP contribution in [-0.2, 0) is 0 Å². The molecule has 2 aromatic rings. The van der Waals surface area contributed by atoms with Crippen LogP contribution in [0, 0.1) is 29.6 Å². The summed E-state index contributed by atoms with van der Waals surface area (Å²) in [6.45, 7) is 0. The molecule has 110 valence electrons. The molecule has 3 fully saturated rings. The van der Waals surface area contributed by atoms with Crippen LogP contribution >= 0.6 is 11.6 Å². The molecule has 1 heterocycles. The highest BCUT2D eigenvalue weighted by atomic mass is 35.5. The lowest BCUT2D eigenvalue weighted by atomic mass is 9.96. The standard InChI is InChI=1S/C18H20ClNO/c1-20-17(16-14-9-5-6-10(7-9)15(14)16)13-8-11-3-2-4-12(19)18(11)21-13/h2-4,8-10,14-17,20H,5-7H2,1H3. The van der Waals surface area contributed by atoms with Crippen molar-refractivity contribution in [2.75, 3.05) is 7.05 Å². The van der Waals surface area contributed by atoms with Crippen molar-refractivity contribution >= 4 is 22.6 Å². The Hall–Kier alpha value is -0.990. The van der Waals surface area contributed by atoms with E-state index in [9.17, 15) is 0 Å². The van der Waals surface area contributed by atoms with Crippen molar-refractivity contribution in [1.82, 2.24) is 5.32 Å². The second kappa shape index (κ2) is 4.27. The number of benzene rings is 1. The second-order valence-corrected chi connectivity index (χ2v) is 7.55. The van der Waals surface area contributed by atoms with Gasteiger partial charge in [-0.05, 0) is 68.0 Å². The molecule has 2 bridgehead atoms. The van der Waals surface area contributed by atoms with Crippen LogP contribution in [0.3, 0.4) is 0 Å². The lowest BCUT2D eigenvalue weighted by molar-refractivity contribution is 0.345. The Morgan fingerprint density at radius 1 is 1.24 bits per heavy atom. The maximum absolute atomic E-state index is 6.25. The molecule has 1 aromatic carbocycles. The highest BCUT2D eigenvalue weighted by Gasteiger charge is 2.67. The summed E-state index contributed by atoms with van der Waals surface area (Å²) < 4.78 is 6.11. The lowest BCUT2D eigenvalue weighted by Gasteiger charge is -2.17. The number of fused-ring (bicyclic) bond motifs is 6. The Bertz CT molecular complexity index is 692. The summed E-state index contributed by atoms with van der Waals surface area (Å²) >= 11 is 6.25. The molecule has 0 amide bonds. The summed E-state index contributed by atoms with van der Waals surface area (Å²) in [4.78, 5) is 0. The summed E-state index contributed by atoms with van der Waals surface area (Å²) in [5.41, 5.74) is 0.836. The van der Waals surface area contributed by atoms with E-state index in [1.54, 1.807) is 0 Å². The van der Waals surface area contributed by atoms with Crippen molar-refractivity contribution in [2.24, 2.45) is 29.6 Å². The first-order valence-electron chi connectivity index (χ1n) is 8.13. The molecule has 3 saturated carbocycles. The highest BCUT2D eigenvalue weighted by molar-refractivity contribution is 6.34. The molecule has 3 aliphatic carbocycles. The fourth-order valence-electron chi connectivity index (χ4n) is 5.56. The molecular formula is C18H20ClNO. The zero-order valence-electron chi connectivity index (χ0n) is 12.2. The summed E-state index contributed by atoms with van der Waals surface area (Å²) in [6.07, 6.45) is 4.42. The lowest BCUT2D eigenvalue weighted by Crippen LogP contribution is -2.21. The van der Waals surface area contributed by atoms with Gasteiger partial charge in [0.2, 0.25) is 0 Å². The molecule has 5 atom stereocenters. The van der Waals surface area contributed by atoms with E-state index < -0.39 is 0 Å². The first-order valence-corrected chi connectivity index (χ1v) is 8.51. The van der Waals surface area contributed by atoms with Gasteiger partial charge in [-0.25, -0.2) is 0 Å². The summed E-state index contributed by atoms with van der Waals surface area (Å²) in [7, 11) is 2.06. The molecule has 21 heavy (non-hydrogen) atoms. The van der Waals surface area contributed by atoms with Crippen LogP contribution in [0.25, 0.3) is 11.0 Å². The van der Waals surface area contributed by atoms with Gasteiger partial charge in [0.15, 0.2) is 5.58 Å². The molecule has 0 radical (unpaired) electrons. The Kier molecular flexibility index (Phi) is 2.55. The van der Waals surface area contributed by atoms with Crippen LogP contribution in [0.5, 0.6) is 0 Å². The molecule has 5 unspecified atom stereocenters. The van der Waals surface area contributed by atoms with Gasteiger partial charge in [-0.1, -0.05) is 23.7 Å². The minimum atomic E-state index is 0.354. The Morgan fingerprint density at radius 2 is 2.00 bits per heavy atom. The Balaban J connectivity index is 1.51. The first kappa shape index (κ1) is 12.5. The fraction of sp³-hybridized carbons (Fsp3) is 0.556. The van der Waals surface area contributed by atoms with Gasteiger partial charge >= 0.3 is 0 Å². The number of rotatable bonds is 3. The maximum Gasteiger partial charge on any atom is 0.152 e. The topological polar surface area (TPSA) is 25.2 Å². The van der Waals surface area contributed by atoms with Crippen molar-refractivity contribution in [3.63, 3.8) is 0 Å². The number of halogens is 1. The minimum absolute atomic E-state index is 0.354. The Morgan fingerprint density at radius 3 is 2.67 bits per heavy atom. The van der Waals surface area contributed by atoms with Gasteiger partial charge in [0.25, 0.3) is 0 Å². The molecule has 3 heteroatoms. The summed E-state index contributed by atoms with van der Waals surface area (Å²) in [6, 6.07) is 8.51. The van der Waals surface area contributed by atoms with Gasteiger partial charge < -0.3 is 9.73 Å². The van der Waals surface area contributed by atoms with Crippen LogP contribution in [0.15, 0.2) is 28.7 Å². The van der Waals surface area contributed by atoms with Gasteiger partial charge in [0, 0.05) is 5.39 Å². The van der Waals surface area contributed by atoms with E-state index in [-0.39, 0.29) is 0 Å². The van der Waals surface area contributed by atoms with Crippen LogP contribution in [-0.4, -0.2) is 7.05 Å². The fourth-order valence-corrected chi connectivity index (χ4v) is 5.78. The highest BCUT2D eigenvalue weighted by Crippen LogP contribution is 2.72. The van der Waals surface area contributed by atoms with Crippen molar-refractivity contribution in [2.45, 2.75) is 25.3 Å². The van der Waals surface area contributed by atoms with Crippen LogP contribution in [0.4, 0.5) is 0 Å². The van der Waals surface area contributed by atoms with Crippen LogP contribution < -0.4 is 5.32 Å². The van der Waals surface area contributed by atoms with E-state index in [1.165, 1.54) is 19.3 Å². The minimum Gasteiger partial charge on any atom is -0.458 e. The van der Waals surface area contributed by atoms with E-state index in [0.717, 1.165) is 46.3 Å². The molecule has 1 aromatic heterocycles. The second-order valence-electron chi connectivity index (χ2n) is 7.14. The monoisotopic (exact) mass is 301 g/mol. The van der Waals surface area contributed by atoms with Crippen molar-refractivity contribution in [3.05, 3.63) is 35.0 Å². The first-order chi connectivity index (χ1) is 10.3. The molecule has 0 saturated heterocycles. The van der Waals surface area contributed by atoms with Crippen LogP contribution in [0.1, 0.15) is 31.1 Å². The summed E-state index contributed by atoms with van der Waals surface area (Å²) in [5, 5.41) is 5.35. The number of hydrogen-bond donors (Lipinski definition) is 1. The van der Waals surface area contributed by atoms with Gasteiger partial charge in [0.05, 0.1) is 11.1 Å². The van der Waals surface area contributed by atoms with Crippen LogP contribution in [0.2, 0.25) is 5.02 Å². The van der Waals surface area contributed by atoms with Gasteiger partial charge in [-0.15, -0.1) is 0 Å². The third kappa shape index (κ3) is 1.63. The normalized spacial score (nSPS) is 37.9. The average molecular weight is 302 g/mol. The van der Waals surface area contributed by atoms with Crippen molar-refractivity contribution < 1.29 is 4.42 Å². The number of hydrogen-bond acceptors (Lipinski definition) is 2.